The van der Waals surface area contributed by atoms with E-state index in [9.17, 15) is 4.79 Å². The molecule has 0 aliphatic rings. The van der Waals surface area contributed by atoms with Crippen molar-refractivity contribution in [3.05, 3.63) is 60.7 Å². The Bertz CT molecular complexity index is 1020. The number of fused-ring (bicyclic) bond motifs is 1. The van der Waals surface area contributed by atoms with Gasteiger partial charge in [0.15, 0.2) is 5.76 Å². The van der Waals surface area contributed by atoms with Crippen LogP contribution in [0.15, 0.2) is 59.3 Å². The molecule has 3 aromatic heterocycles. The van der Waals surface area contributed by atoms with E-state index in [0.29, 0.717) is 36.1 Å². The van der Waals surface area contributed by atoms with Gasteiger partial charge in [-0.15, -0.1) is 0 Å². The molecule has 1 aromatic carbocycles. The zero-order valence-corrected chi connectivity index (χ0v) is 13.8. The number of amides is 2. The van der Waals surface area contributed by atoms with Gasteiger partial charge < -0.3 is 15.1 Å². The molecule has 3 N–H and O–H groups in total. The zero-order chi connectivity index (χ0) is 17.8. The van der Waals surface area contributed by atoms with Crippen LogP contribution in [0.4, 0.5) is 10.5 Å². The lowest BCUT2D eigenvalue weighted by Gasteiger charge is -2.09. The molecular formula is C18H16N6O2. The van der Waals surface area contributed by atoms with Gasteiger partial charge in [-0.2, -0.15) is 5.10 Å². The van der Waals surface area contributed by atoms with Crippen molar-refractivity contribution in [2.75, 3.05) is 11.9 Å². The van der Waals surface area contributed by atoms with E-state index >= 15 is 0 Å². The fourth-order valence-corrected chi connectivity index (χ4v) is 2.59. The highest BCUT2D eigenvalue weighted by molar-refractivity contribution is 5.99. The average molecular weight is 348 g/mol. The molecule has 2 amide bonds. The standard InChI is InChI=1S/C18H16N6O2/c25-18(21-13-6-1-4-12-5-2-9-19-16(12)13)20-10-8-15-22-17(24-23-15)14-7-3-11-26-14/h1-7,9,11H,8,10H2,(H2,20,21,25)(H,22,23,24). The smallest absolute Gasteiger partial charge is 0.319 e. The third-order valence-corrected chi connectivity index (χ3v) is 3.80. The molecule has 26 heavy (non-hydrogen) atoms. The number of H-pyrrole nitrogens is 1. The maximum atomic E-state index is 12.1. The summed E-state index contributed by atoms with van der Waals surface area (Å²) in [4.78, 5) is 20.8. The quantitative estimate of drug-likeness (QED) is 0.514. The number of rotatable bonds is 5. The van der Waals surface area contributed by atoms with Crippen molar-refractivity contribution in [1.29, 1.82) is 0 Å². The Morgan fingerprint density at radius 2 is 2.08 bits per heavy atom. The minimum absolute atomic E-state index is 0.297. The van der Waals surface area contributed by atoms with Crippen LogP contribution in [-0.4, -0.2) is 32.7 Å². The van der Waals surface area contributed by atoms with Gasteiger partial charge in [-0.1, -0.05) is 18.2 Å². The molecule has 0 unspecified atom stereocenters. The van der Waals surface area contributed by atoms with Crippen molar-refractivity contribution in [1.82, 2.24) is 25.5 Å². The Kier molecular flexibility index (Phi) is 4.29. The lowest BCUT2D eigenvalue weighted by molar-refractivity contribution is 0.252. The molecule has 3 heterocycles. The van der Waals surface area contributed by atoms with Crippen LogP contribution in [0.1, 0.15) is 5.82 Å². The van der Waals surface area contributed by atoms with Gasteiger partial charge in [0.1, 0.15) is 5.82 Å². The Hall–Kier alpha value is -3.68. The van der Waals surface area contributed by atoms with Crippen LogP contribution in [0.25, 0.3) is 22.5 Å². The monoisotopic (exact) mass is 348 g/mol. The van der Waals surface area contributed by atoms with Crippen molar-refractivity contribution < 1.29 is 9.21 Å². The normalized spacial score (nSPS) is 10.8. The van der Waals surface area contributed by atoms with Gasteiger partial charge in [-0.05, 0) is 24.3 Å². The number of para-hydroxylation sites is 1. The summed E-state index contributed by atoms with van der Waals surface area (Å²) in [5.74, 6) is 1.77. The summed E-state index contributed by atoms with van der Waals surface area (Å²) in [5.41, 5.74) is 1.42. The number of nitrogens with one attached hydrogen (secondary N) is 3. The van der Waals surface area contributed by atoms with Gasteiger partial charge in [0.05, 0.1) is 17.5 Å². The molecular weight excluding hydrogens is 332 g/mol. The minimum Gasteiger partial charge on any atom is -0.461 e. The summed E-state index contributed by atoms with van der Waals surface area (Å²) in [7, 11) is 0. The van der Waals surface area contributed by atoms with Crippen LogP contribution < -0.4 is 10.6 Å². The number of urea groups is 1. The predicted molar refractivity (Wildman–Crippen MR) is 96.6 cm³/mol. The minimum atomic E-state index is -0.297. The lowest BCUT2D eigenvalue weighted by atomic mass is 10.2. The van der Waals surface area contributed by atoms with Gasteiger partial charge in [0.25, 0.3) is 0 Å². The van der Waals surface area contributed by atoms with Gasteiger partial charge in [-0.25, -0.2) is 9.78 Å². The molecule has 0 bridgehead atoms. The largest absolute Gasteiger partial charge is 0.461 e. The Morgan fingerprint density at radius 1 is 1.15 bits per heavy atom. The van der Waals surface area contributed by atoms with E-state index in [2.05, 4.69) is 30.8 Å². The molecule has 0 aliphatic heterocycles. The number of pyridine rings is 1. The fraction of sp³-hybridized carbons (Fsp3) is 0.111. The van der Waals surface area contributed by atoms with E-state index in [1.54, 1.807) is 24.6 Å². The van der Waals surface area contributed by atoms with E-state index in [-0.39, 0.29) is 6.03 Å². The third kappa shape index (κ3) is 3.39. The molecule has 0 fully saturated rings. The highest BCUT2D eigenvalue weighted by atomic mass is 16.3. The number of hydrogen-bond donors (Lipinski definition) is 3. The number of carbonyl (C=O) groups is 1. The molecule has 0 saturated carbocycles. The molecule has 8 nitrogen and oxygen atoms in total. The topological polar surface area (TPSA) is 109 Å². The molecule has 0 spiro atoms. The predicted octanol–water partition coefficient (Wildman–Crippen LogP) is 2.98. The van der Waals surface area contributed by atoms with Crippen LogP contribution in [0.2, 0.25) is 0 Å². The van der Waals surface area contributed by atoms with E-state index < -0.39 is 0 Å². The fourth-order valence-electron chi connectivity index (χ4n) is 2.59. The summed E-state index contributed by atoms with van der Waals surface area (Å²) >= 11 is 0. The van der Waals surface area contributed by atoms with Gasteiger partial charge in [-0.3, -0.25) is 10.1 Å². The Balaban J connectivity index is 1.33. The third-order valence-electron chi connectivity index (χ3n) is 3.80. The number of aromatic amines is 1. The second kappa shape index (κ2) is 7.06. The van der Waals surface area contributed by atoms with E-state index in [0.717, 1.165) is 10.9 Å². The zero-order valence-electron chi connectivity index (χ0n) is 13.8. The Labute approximate surface area is 148 Å². The summed E-state index contributed by atoms with van der Waals surface area (Å²) < 4.78 is 5.25. The molecule has 0 atom stereocenters. The van der Waals surface area contributed by atoms with Gasteiger partial charge >= 0.3 is 6.03 Å². The first-order valence-electron chi connectivity index (χ1n) is 8.13. The highest BCUT2D eigenvalue weighted by Crippen LogP contribution is 2.20. The Morgan fingerprint density at radius 3 is 2.96 bits per heavy atom. The average Bonchev–Trinajstić information content (AvgIpc) is 3.34. The molecule has 4 aromatic rings. The van der Waals surface area contributed by atoms with Crippen molar-refractivity contribution in [3.63, 3.8) is 0 Å². The van der Waals surface area contributed by atoms with Gasteiger partial charge in [0.2, 0.25) is 5.82 Å². The lowest BCUT2D eigenvalue weighted by Crippen LogP contribution is -2.30. The maximum absolute atomic E-state index is 12.1. The first-order chi connectivity index (χ1) is 12.8. The second-order valence-electron chi connectivity index (χ2n) is 5.59. The highest BCUT2D eigenvalue weighted by Gasteiger charge is 2.09. The molecule has 4 rings (SSSR count). The number of anilines is 1. The van der Waals surface area contributed by atoms with Crippen LogP contribution in [0.3, 0.4) is 0 Å². The summed E-state index contributed by atoms with van der Waals surface area (Å²) in [6, 6.07) is 12.7. The molecule has 130 valence electrons. The number of aromatic nitrogens is 4. The first-order valence-corrected chi connectivity index (χ1v) is 8.13. The summed E-state index contributed by atoms with van der Waals surface area (Å²) in [6.45, 7) is 0.414. The number of hydrogen-bond acceptors (Lipinski definition) is 5. The first kappa shape index (κ1) is 15.8. The van der Waals surface area contributed by atoms with Crippen molar-refractivity contribution in [3.8, 4) is 11.6 Å². The summed E-state index contributed by atoms with van der Waals surface area (Å²) in [5, 5.41) is 13.5. The van der Waals surface area contributed by atoms with Crippen LogP contribution in [0, 0.1) is 0 Å². The van der Waals surface area contributed by atoms with E-state index in [1.807, 2.05) is 30.3 Å². The summed E-state index contributed by atoms with van der Waals surface area (Å²) in [6.07, 6.45) is 3.79. The number of benzene rings is 1. The van der Waals surface area contributed by atoms with Gasteiger partial charge in [0, 0.05) is 24.5 Å². The van der Waals surface area contributed by atoms with Crippen molar-refractivity contribution in [2.45, 2.75) is 6.42 Å². The molecule has 0 radical (unpaired) electrons. The van der Waals surface area contributed by atoms with Crippen LogP contribution >= 0.6 is 0 Å². The second-order valence-corrected chi connectivity index (χ2v) is 5.59. The SMILES string of the molecule is O=C(NCCc1nc(-c2ccco2)n[nH]1)Nc1cccc2cccnc12. The number of carbonyl (C=O) groups excluding carboxylic acids is 1. The molecule has 8 heteroatoms. The maximum Gasteiger partial charge on any atom is 0.319 e. The van der Waals surface area contributed by atoms with E-state index in [1.165, 1.54) is 0 Å². The number of nitrogens with zero attached hydrogens (tertiary/aromatic N) is 3. The van der Waals surface area contributed by atoms with E-state index in [4.69, 9.17) is 4.42 Å². The van der Waals surface area contributed by atoms with Crippen molar-refractivity contribution in [2.24, 2.45) is 0 Å². The van der Waals surface area contributed by atoms with Crippen LogP contribution in [-0.2, 0) is 6.42 Å². The molecule has 0 saturated heterocycles. The number of furan rings is 1. The van der Waals surface area contributed by atoms with Crippen molar-refractivity contribution >= 4 is 22.6 Å². The van der Waals surface area contributed by atoms with Crippen LogP contribution in [0.5, 0.6) is 0 Å². The molecule has 0 aliphatic carbocycles.